The molecule has 0 aliphatic carbocycles. The van der Waals surface area contributed by atoms with Gasteiger partial charge in [-0.1, -0.05) is 11.6 Å². The average Bonchev–Trinajstić information content (AvgIpc) is 2.91. The standard InChI is InChI=1S/C16H18ClN3O/c1-10-8-12(17)14(11-4-3-6-19-13(10)11)20-15(21)16(2)5-7-18-9-16/h3-4,6,8,18H,5,7,9H2,1-2H3,(H,20,21). The largest absolute Gasteiger partial charge is 0.324 e. The third-order valence-corrected chi connectivity index (χ3v) is 4.49. The number of aryl methyl sites for hydroxylation is 1. The molecule has 1 atom stereocenters. The zero-order valence-corrected chi connectivity index (χ0v) is 12.9. The van der Waals surface area contributed by atoms with Crippen molar-refractivity contribution in [3.63, 3.8) is 0 Å². The van der Waals surface area contributed by atoms with Gasteiger partial charge in [0.1, 0.15) is 0 Å². The number of nitrogens with zero attached hydrogens (tertiary/aromatic N) is 1. The van der Waals surface area contributed by atoms with Crippen LogP contribution in [0, 0.1) is 12.3 Å². The van der Waals surface area contributed by atoms with Crippen LogP contribution in [0.15, 0.2) is 24.4 Å². The van der Waals surface area contributed by atoms with Crippen LogP contribution in [0.1, 0.15) is 18.9 Å². The molecule has 110 valence electrons. The van der Waals surface area contributed by atoms with Crippen LogP contribution in [0.4, 0.5) is 5.69 Å². The van der Waals surface area contributed by atoms with Crippen molar-refractivity contribution in [3.8, 4) is 0 Å². The molecule has 4 nitrogen and oxygen atoms in total. The molecule has 2 aromatic rings. The first-order chi connectivity index (χ1) is 10.0. The number of benzene rings is 1. The summed E-state index contributed by atoms with van der Waals surface area (Å²) in [5.74, 6) is 0.00315. The quantitative estimate of drug-likeness (QED) is 0.896. The highest BCUT2D eigenvalue weighted by Crippen LogP contribution is 2.35. The lowest BCUT2D eigenvalue weighted by molar-refractivity contribution is -0.123. The van der Waals surface area contributed by atoms with Crippen molar-refractivity contribution in [2.24, 2.45) is 5.41 Å². The van der Waals surface area contributed by atoms with Gasteiger partial charge < -0.3 is 10.6 Å². The topological polar surface area (TPSA) is 54.0 Å². The van der Waals surface area contributed by atoms with Crippen molar-refractivity contribution in [3.05, 3.63) is 35.0 Å². The Kier molecular flexibility index (Phi) is 3.59. The predicted octanol–water partition coefficient (Wildman–Crippen LogP) is 3.13. The highest BCUT2D eigenvalue weighted by Gasteiger charge is 2.36. The Bertz CT molecular complexity index is 708. The van der Waals surface area contributed by atoms with Crippen LogP contribution in [-0.4, -0.2) is 24.0 Å². The third kappa shape index (κ3) is 2.49. The molecule has 3 rings (SSSR count). The maximum Gasteiger partial charge on any atom is 0.231 e. The highest BCUT2D eigenvalue weighted by molar-refractivity contribution is 6.35. The first-order valence-electron chi connectivity index (χ1n) is 7.07. The van der Waals surface area contributed by atoms with E-state index in [-0.39, 0.29) is 11.3 Å². The van der Waals surface area contributed by atoms with E-state index in [2.05, 4.69) is 15.6 Å². The zero-order chi connectivity index (χ0) is 15.0. The van der Waals surface area contributed by atoms with Crippen molar-refractivity contribution < 1.29 is 4.79 Å². The van der Waals surface area contributed by atoms with Gasteiger partial charge in [0.25, 0.3) is 0 Å². The van der Waals surface area contributed by atoms with Crippen LogP contribution in [0.2, 0.25) is 5.02 Å². The number of pyridine rings is 1. The van der Waals surface area contributed by atoms with Crippen LogP contribution in [0.25, 0.3) is 10.9 Å². The molecule has 1 aromatic carbocycles. The van der Waals surface area contributed by atoms with Crippen molar-refractivity contribution in [2.45, 2.75) is 20.3 Å². The third-order valence-electron chi connectivity index (χ3n) is 4.19. The van der Waals surface area contributed by atoms with Gasteiger partial charge in [0.2, 0.25) is 5.91 Å². The monoisotopic (exact) mass is 303 g/mol. The van der Waals surface area contributed by atoms with Crippen molar-refractivity contribution in [1.29, 1.82) is 0 Å². The molecule has 2 N–H and O–H groups in total. The van der Waals surface area contributed by atoms with Crippen LogP contribution >= 0.6 is 11.6 Å². The van der Waals surface area contributed by atoms with E-state index in [1.807, 2.05) is 32.0 Å². The van der Waals surface area contributed by atoms with E-state index in [1.54, 1.807) is 6.20 Å². The second-order valence-electron chi connectivity index (χ2n) is 5.89. The summed E-state index contributed by atoms with van der Waals surface area (Å²) in [4.78, 5) is 17.0. The Morgan fingerprint density at radius 2 is 2.33 bits per heavy atom. The number of fused-ring (bicyclic) bond motifs is 1. The van der Waals surface area contributed by atoms with Crippen LogP contribution in [-0.2, 0) is 4.79 Å². The summed E-state index contributed by atoms with van der Waals surface area (Å²) in [5, 5.41) is 7.68. The summed E-state index contributed by atoms with van der Waals surface area (Å²) in [7, 11) is 0. The normalized spacial score (nSPS) is 21.7. The second kappa shape index (κ2) is 5.28. The lowest BCUT2D eigenvalue weighted by Crippen LogP contribution is -2.35. The molecule has 0 spiro atoms. The van der Waals surface area contributed by atoms with Gasteiger partial charge in [0.15, 0.2) is 0 Å². The lowest BCUT2D eigenvalue weighted by Gasteiger charge is -2.22. The van der Waals surface area contributed by atoms with Crippen molar-refractivity contribution in [1.82, 2.24) is 10.3 Å². The zero-order valence-electron chi connectivity index (χ0n) is 12.2. The predicted molar refractivity (Wildman–Crippen MR) is 85.7 cm³/mol. The maximum absolute atomic E-state index is 12.6. The molecule has 0 saturated carbocycles. The SMILES string of the molecule is Cc1cc(Cl)c(NC(=O)C2(C)CCNC2)c2cccnc12. The fourth-order valence-electron chi connectivity index (χ4n) is 2.78. The molecule has 0 radical (unpaired) electrons. The summed E-state index contributed by atoms with van der Waals surface area (Å²) in [6.45, 7) is 5.51. The second-order valence-corrected chi connectivity index (χ2v) is 6.30. The van der Waals surface area contributed by atoms with E-state index < -0.39 is 0 Å². The Morgan fingerprint density at radius 3 is 3.05 bits per heavy atom. The molecule has 5 heteroatoms. The van der Waals surface area contributed by atoms with E-state index in [1.165, 1.54) is 0 Å². The number of carbonyl (C=O) groups is 1. The van der Waals surface area contributed by atoms with Gasteiger partial charge in [-0.05, 0) is 50.6 Å². The van der Waals surface area contributed by atoms with Crippen LogP contribution in [0.3, 0.4) is 0 Å². The minimum absolute atomic E-state index is 0.00315. The molecule has 0 bridgehead atoms. The maximum atomic E-state index is 12.6. The van der Waals surface area contributed by atoms with Gasteiger partial charge in [0, 0.05) is 18.1 Å². The van der Waals surface area contributed by atoms with E-state index in [9.17, 15) is 4.79 Å². The Morgan fingerprint density at radius 1 is 1.52 bits per heavy atom. The fourth-order valence-corrected chi connectivity index (χ4v) is 3.10. The number of aromatic nitrogens is 1. The lowest BCUT2D eigenvalue weighted by atomic mass is 9.88. The molecule has 1 unspecified atom stereocenters. The van der Waals surface area contributed by atoms with Crippen LogP contribution in [0.5, 0.6) is 0 Å². The minimum atomic E-state index is -0.386. The van der Waals surface area contributed by atoms with Gasteiger partial charge in [-0.25, -0.2) is 0 Å². The molecule has 1 aromatic heterocycles. The molecule has 1 saturated heterocycles. The van der Waals surface area contributed by atoms with Crippen molar-refractivity contribution >= 4 is 34.1 Å². The Balaban J connectivity index is 2.03. The van der Waals surface area contributed by atoms with Gasteiger partial charge >= 0.3 is 0 Å². The summed E-state index contributed by atoms with van der Waals surface area (Å²) in [5.41, 5.74) is 2.14. The molecule has 2 heterocycles. The first kappa shape index (κ1) is 14.3. The Hall–Kier alpha value is -1.65. The fraction of sp³-hybridized carbons (Fsp3) is 0.375. The van der Waals surface area contributed by atoms with E-state index in [4.69, 9.17) is 11.6 Å². The Labute approximate surface area is 128 Å². The first-order valence-corrected chi connectivity index (χ1v) is 7.45. The number of rotatable bonds is 2. The number of amides is 1. The van der Waals surface area contributed by atoms with Gasteiger partial charge in [-0.2, -0.15) is 0 Å². The number of carbonyl (C=O) groups excluding carboxylic acids is 1. The number of halogens is 1. The van der Waals surface area contributed by atoms with E-state index >= 15 is 0 Å². The summed E-state index contributed by atoms with van der Waals surface area (Å²) < 4.78 is 0. The highest BCUT2D eigenvalue weighted by atomic mass is 35.5. The molecular weight excluding hydrogens is 286 g/mol. The minimum Gasteiger partial charge on any atom is -0.324 e. The molecule has 1 amide bonds. The molecule has 1 aliphatic rings. The summed E-state index contributed by atoms with van der Waals surface area (Å²) >= 11 is 6.35. The number of anilines is 1. The molecule has 21 heavy (non-hydrogen) atoms. The molecule has 1 fully saturated rings. The number of nitrogens with one attached hydrogen (secondary N) is 2. The number of hydrogen-bond donors (Lipinski definition) is 2. The molecular formula is C16H18ClN3O. The number of hydrogen-bond acceptors (Lipinski definition) is 3. The average molecular weight is 304 g/mol. The van der Waals surface area contributed by atoms with Gasteiger partial charge in [-0.15, -0.1) is 0 Å². The molecule has 1 aliphatic heterocycles. The van der Waals surface area contributed by atoms with Crippen LogP contribution < -0.4 is 10.6 Å². The smallest absolute Gasteiger partial charge is 0.231 e. The van der Waals surface area contributed by atoms with Gasteiger partial charge in [0.05, 0.1) is 21.6 Å². The summed E-state index contributed by atoms with van der Waals surface area (Å²) in [6.07, 6.45) is 2.58. The summed E-state index contributed by atoms with van der Waals surface area (Å²) in [6, 6.07) is 5.64. The van der Waals surface area contributed by atoms with Gasteiger partial charge in [-0.3, -0.25) is 9.78 Å². The van der Waals surface area contributed by atoms with Crippen molar-refractivity contribution in [2.75, 3.05) is 18.4 Å². The van der Waals surface area contributed by atoms with E-state index in [0.29, 0.717) is 17.3 Å². The van der Waals surface area contributed by atoms with E-state index in [0.717, 1.165) is 29.4 Å².